The summed E-state index contributed by atoms with van der Waals surface area (Å²) < 4.78 is 11.7. The molecular formula is C23H27N5O5. The Morgan fingerprint density at radius 1 is 1.12 bits per heavy atom. The number of likely N-dealkylation sites (N-methyl/N-ethyl adjacent to an activating group) is 1. The zero-order valence-electron chi connectivity index (χ0n) is 18.8. The van der Waals surface area contributed by atoms with Crippen LogP contribution in [0.5, 0.6) is 11.5 Å². The minimum absolute atomic E-state index is 0.00992. The van der Waals surface area contributed by atoms with Crippen LogP contribution >= 0.6 is 0 Å². The molecule has 0 unspecified atom stereocenters. The van der Waals surface area contributed by atoms with Gasteiger partial charge in [0.15, 0.2) is 0 Å². The van der Waals surface area contributed by atoms with Crippen molar-refractivity contribution in [3.8, 4) is 11.5 Å². The number of nitrogens with two attached hydrogens (primary N) is 1. The van der Waals surface area contributed by atoms with Crippen LogP contribution in [0, 0.1) is 0 Å². The highest BCUT2D eigenvalue weighted by molar-refractivity contribution is 5.95. The lowest BCUT2D eigenvalue weighted by Gasteiger charge is -2.24. The number of hydrogen-bond donors (Lipinski definition) is 3. The summed E-state index contributed by atoms with van der Waals surface area (Å²) >= 11 is 0. The number of anilines is 3. The molecule has 0 aliphatic rings. The van der Waals surface area contributed by atoms with Crippen LogP contribution in [0.1, 0.15) is 12.5 Å². The molecule has 0 aliphatic heterocycles. The van der Waals surface area contributed by atoms with Gasteiger partial charge in [-0.2, -0.15) is 0 Å². The molecule has 0 fully saturated rings. The van der Waals surface area contributed by atoms with Crippen LogP contribution in [0.4, 0.5) is 17.2 Å². The van der Waals surface area contributed by atoms with Gasteiger partial charge >= 0.3 is 5.69 Å². The Hall–Kier alpha value is -4.21. The lowest BCUT2D eigenvalue weighted by molar-refractivity contribution is -0.115. The second kappa shape index (κ2) is 10.4. The third-order valence-corrected chi connectivity index (χ3v) is 5.11. The van der Waals surface area contributed by atoms with Crippen molar-refractivity contribution in [2.75, 3.05) is 43.3 Å². The Morgan fingerprint density at radius 3 is 2.48 bits per heavy atom. The summed E-state index contributed by atoms with van der Waals surface area (Å²) in [6, 6.07) is 14.3. The fourth-order valence-corrected chi connectivity index (χ4v) is 3.42. The van der Waals surface area contributed by atoms with E-state index >= 15 is 0 Å². The number of rotatable bonds is 9. The first kappa shape index (κ1) is 23.5. The lowest BCUT2D eigenvalue weighted by atomic mass is 10.2. The third-order valence-electron chi connectivity index (χ3n) is 5.11. The van der Waals surface area contributed by atoms with Gasteiger partial charge in [-0.1, -0.05) is 30.3 Å². The van der Waals surface area contributed by atoms with Crippen molar-refractivity contribution in [3.63, 3.8) is 0 Å². The summed E-state index contributed by atoms with van der Waals surface area (Å²) in [5.74, 6) is 0.615. The molecule has 1 aromatic heterocycles. The number of carbonyl (C=O) groups is 1. The maximum absolute atomic E-state index is 12.8. The van der Waals surface area contributed by atoms with Crippen molar-refractivity contribution in [1.82, 2.24) is 9.55 Å². The minimum Gasteiger partial charge on any atom is -0.497 e. The number of nitrogens with zero attached hydrogens (tertiary/aromatic N) is 2. The van der Waals surface area contributed by atoms with Gasteiger partial charge in [0.1, 0.15) is 23.0 Å². The number of aromatic nitrogens is 2. The molecule has 2 aromatic carbocycles. The number of ether oxygens (including phenoxy) is 2. The second-order valence-electron chi connectivity index (χ2n) is 7.19. The third kappa shape index (κ3) is 5.35. The summed E-state index contributed by atoms with van der Waals surface area (Å²) in [6.07, 6.45) is 0. The molecule has 0 bridgehead atoms. The number of methoxy groups -OCH3 is 2. The fraction of sp³-hybridized carbons (Fsp3) is 0.261. The minimum atomic E-state index is -0.654. The highest BCUT2D eigenvalue weighted by Gasteiger charge is 2.21. The van der Waals surface area contributed by atoms with Crippen LogP contribution in [0.3, 0.4) is 0 Å². The summed E-state index contributed by atoms with van der Waals surface area (Å²) in [6.45, 7) is 2.11. The zero-order chi connectivity index (χ0) is 24.0. The Morgan fingerprint density at radius 2 is 1.85 bits per heavy atom. The first-order valence-electron chi connectivity index (χ1n) is 10.3. The number of H-pyrrole nitrogens is 1. The van der Waals surface area contributed by atoms with E-state index in [1.807, 2.05) is 30.3 Å². The first-order chi connectivity index (χ1) is 15.9. The molecule has 0 saturated heterocycles. The molecule has 4 N–H and O–H groups in total. The van der Waals surface area contributed by atoms with Crippen LogP contribution < -0.4 is 36.7 Å². The topological polar surface area (TPSA) is 132 Å². The number of amides is 1. The molecule has 3 aromatic rings. The van der Waals surface area contributed by atoms with E-state index < -0.39 is 11.2 Å². The highest BCUT2D eigenvalue weighted by Crippen LogP contribution is 2.29. The predicted octanol–water partition coefficient (Wildman–Crippen LogP) is 1.65. The smallest absolute Gasteiger partial charge is 0.330 e. The molecule has 0 radical (unpaired) electrons. The highest BCUT2D eigenvalue weighted by atomic mass is 16.5. The molecule has 10 nitrogen and oxygen atoms in total. The Labute approximate surface area is 190 Å². The monoisotopic (exact) mass is 453 g/mol. The SMILES string of the molecule is CCN(CC(=O)Nc1ccc(OC)cc1OC)c1c(N)n(Cc2ccccc2)c(=O)[nH]c1=O. The fourth-order valence-electron chi connectivity index (χ4n) is 3.42. The van der Waals surface area contributed by atoms with Crippen molar-refractivity contribution in [3.05, 3.63) is 74.9 Å². The van der Waals surface area contributed by atoms with Crippen LogP contribution in [0.25, 0.3) is 0 Å². The first-order valence-corrected chi connectivity index (χ1v) is 10.3. The van der Waals surface area contributed by atoms with E-state index in [0.717, 1.165) is 5.56 Å². The summed E-state index contributed by atoms with van der Waals surface area (Å²) in [5.41, 5.74) is 6.34. The molecule has 1 amide bonds. The van der Waals surface area contributed by atoms with E-state index in [1.54, 1.807) is 25.1 Å². The van der Waals surface area contributed by atoms with E-state index in [2.05, 4.69) is 10.3 Å². The van der Waals surface area contributed by atoms with Gasteiger partial charge in [0.05, 0.1) is 33.0 Å². The number of aromatic amines is 1. The van der Waals surface area contributed by atoms with E-state index in [-0.39, 0.29) is 30.5 Å². The predicted molar refractivity (Wildman–Crippen MR) is 127 cm³/mol. The van der Waals surface area contributed by atoms with Crippen LogP contribution in [-0.4, -0.2) is 42.8 Å². The Balaban J connectivity index is 1.87. The Bertz CT molecular complexity index is 1240. The molecule has 1 heterocycles. The van der Waals surface area contributed by atoms with Gasteiger partial charge in [0.25, 0.3) is 5.56 Å². The van der Waals surface area contributed by atoms with Crippen LogP contribution in [0.15, 0.2) is 58.1 Å². The number of nitrogens with one attached hydrogen (secondary N) is 2. The Kier molecular flexibility index (Phi) is 7.39. The normalized spacial score (nSPS) is 10.5. The number of benzene rings is 2. The van der Waals surface area contributed by atoms with Crippen molar-refractivity contribution in [1.29, 1.82) is 0 Å². The molecule has 33 heavy (non-hydrogen) atoms. The van der Waals surface area contributed by atoms with Crippen LogP contribution in [0.2, 0.25) is 0 Å². The van der Waals surface area contributed by atoms with Gasteiger partial charge in [-0.25, -0.2) is 4.79 Å². The summed E-state index contributed by atoms with van der Waals surface area (Å²) in [4.78, 5) is 41.6. The van der Waals surface area contributed by atoms with Gasteiger partial charge < -0.3 is 25.4 Å². The number of hydrogen-bond acceptors (Lipinski definition) is 7. The van der Waals surface area contributed by atoms with Gasteiger partial charge in [-0.05, 0) is 24.6 Å². The average Bonchev–Trinajstić information content (AvgIpc) is 2.81. The van der Waals surface area contributed by atoms with Gasteiger partial charge in [0, 0.05) is 12.6 Å². The van der Waals surface area contributed by atoms with Gasteiger partial charge in [-0.15, -0.1) is 0 Å². The van der Waals surface area contributed by atoms with E-state index in [0.29, 0.717) is 23.7 Å². The summed E-state index contributed by atoms with van der Waals surface area (Å²) in [5, 5.41) is 2.77. The van der Waals surface area contributed by atoms with Gasteiger partial charge in [0.2, 0.25) is 5.91 Å². The van der Waals surface area contributed by atoms with Gasteiger partial charge in [-0.3, -0.25) is 19.1 Å². The van der Waals surface area contributed by atoms with E-state index in [9.17, 15) is 14.4 Å². The maximum atomic E-state index is 12.8. The largest absolute Gasteiger partial charge is 0.497 e. The standard InChI is InChI=1S/C23H27N5O5/c1-4-27(14-19(29)25-17-11-10-16(32-2)12-18(17)33-3)20-21(24)28(23(31)26-22(20)30)13-15-8-6-5-7-9-15/h5-12H,4,13-14,24H2,1-3H3,(H,25,29)(H,26,30,31). The van der Waals surface area contributed by atoms with Crippen molar-refractivity contribution >= 4 is 23.1 Å². The number of nitrogen functional groups attached to an aromatic ring is 1. The van der Waals surface area contributed by atoms with E-state index in [1.165, 1.54) is 23.7 Å². The van der Waals surface area contributed by atoms with Crippen molar-refractivity contribution in [2.45, 2.75) is 13.5 Å². The molecule has 0 aliphatic carbocycles. The zero-order valence-corrected chi connectivity index (χ0v) is 18.8. The quantitative estimate of drug-likeness (QED) is 0.449. The van der Waals surface area contributed by atoms with E-state index in [4.69, 9.17) is 15.2 Å². The van der Waals surface area contributed by atoms with Crippen molar-refractivity contribution < 1.29 is 14.3 Å². The lowest BCUT2D eigenvalue weighted by Crippen LogP contribution is -2.41. The molecule has 0 atom stereocenters. The van der Waals surface area contributed by atoms with Crippen molar-refractivity contribution in [2.24, 2.45) is 0 Å². The number of carbonyl (C=O) groups excluding carboxylic acids is 1. The van der Waals surface area contributed by atoms with Crippen LogP contribution in [-0.2, 0) is 11.3 Å². The molecular weight excluding hydrogens is 426 g/mol. The summed E-state index contributed by atoms with van der Waals surface area (Å²) in [7, 11) is 3.02. The maximum Gasteiger partial charge on any atom is 0.330 e. The molecule has 10 heteroatoms. The molecule has 174 valence electrons. The molecule has 0 saturated carbocycles. The average molecular weight is 453 g/mol. The molecule has 0 spiro atoms. The molecule has 3 rings (SSSR count). The second-order valence-corrected chi connectivity index (χ2v) is 7.19.